The van der Waals surface area contributed by atoms with Crippen molar-refractivity contribution in [3.05, 3.63) is 84.3 Å². The minimum atomic E-state index is -0.759. The number of benzene rings is 2. The minimum Gasteiger partial charge on any atom is -0.508 e. The highest BCUT2D eigenvalue weighted by atomic mass is 16.3. The van der Waals surface area contributed by atoms with E-state index >= 15 is 0 Å². The number of carbonyl (C=O) groups is 3. The van der Waals surface area contributed by atoms with Crippen LogP contribution in [0.3, 0.4) is 0 Å². The van der Waals surface area contributed by atoms with Gasteiger partial charge in [0.05, 0.1) is 12.1 Å². The largest absolute Gasteiger partial charge is 0.508 e. The number of hydrogen-bond acceptors (Lipinski definition) is 5. The van der Waals surface area contributed by atoms with Crippen LogP contribution in [0.5, 0.6) is 5.75 Å². The van der Waals surface area contributed by atoms with Crippen LogP contribution in [0.2, 0.25) is 0 Å². The maximum atomic E-state index is 13.8. The van der Waals surface area contributed by atoms with E-state index in [4.69, 9.17) is 0 Å². The van der Waals surface area contributed by atoms with Crippen molar-refractivity contribution in [3.8, 4) is 16.9 Å². The zero-order valence-electron chi connectivity index (χ0n) is 23.3. The molecule has 41 heavy (non-hydrogen) atoms. The van der Waals surface area contributed by atoms with E-state index in [2.05, 4.69) is 15.3 Å². The highest BCUT2D eigenvalue weighted by Gasteiger charge is 2.50. The summed E-state index contributed by atoms with van der Waals surface area (Å²) in [5.74, 6) is -0.565. The number of aromatic hydroxyl groups is 1. The van der Waals surface area contributed by atoms with Crippen LogP contribution in [0.15, 0.2) is 72.9 Å². The van der Waals surface area contributed by atoms with Crippen molar-refractivity contribution in [1.82, 2.24) is 25.1 Å². The van der Waals surface area contributed by atoms with Gasteiger partial charge in [-0.3, -0.25) is 19.4 Å². The number of hydrogen-bond donors (Lipinski definition) is 3. The maximum Gasteiger partial charge on any atom is 0.272 e. The first-order valence-corrected chi connectivity index (χ1v) is 13.8. The molecule has 3 N–H and O–H groups in total. The van der Waals surface area contributed by atoms with E-state index in [0.717, 1.165) is 16.5 Å². The summed E-state index contributed by atoms with van der Waals surface area (Å²) in [6, 6.07) is 19.1. The molecule has 210 valence electrons. The zero-order valence-corrected chi connectivity index (χ0v) is 23.3. The van der Waals surface area contributed by atoms with Crippen molar-refractivity contribution in [2.24, 2.45) is 5.41 Å². The summed E-state index contributed by atoms with van der Waals surface area (Å²) in [5, 5.41) is 13.5. The Bertz CT molecular complexity index is 1620. The number of H-pyrrole nitrogens is 1. The number of amides is 3. The Kier molecular flexibility index (Phi) is 6.52. The predicted octanol–water partition coefficient (Wildman–Crippen LogP) is 4.21. The van der Waals surface area contributed by atoms with Gasteiger partial charge in [-0.25, -0.2) is 0 Å². The average Bonchev–Trinajstić information content (AvgIpc) is 3.69. The smallest absolute Gasteiger partial charge is 0.272 e. The van der Waals surface area contributed by atoms with Crippen molar-refractivity contribution in [1.29, 1.82) is 0 Å². The van der Waals surface area contributed by atoms with Gasteiger partial charge in [0, 0.05) is 41.8 Å². The van der Waals surface area contributed by atoms with Crippen LogP contribution in [0, 0.1) is 5.41 Å². The van der Waals surface area contributed by atoms with Crippen LogP contribution in [0.25, 0.3) is 22.0 Å². The second-order valence-corrected chi connectivity index (χ2v) is 12.0. The number of fused-ring (bicyclic) bond motifs is 3. The number of aromatic amines is 1. The third-order valence-electron chi connectivity index (χ3n) is 8.11. The SMILES string of the molecule is CC(C)(C)[C@H](NC(=O)c1cc2ccc(O)cc2[nH]1)C(=O)N1C[C@@H]2C[C@H]1CN2C(=O)c1ccc(-c2ccccc2)cn1. The van der Waals surface area contributed by atoms with E-state index in [1.807, 2.05) is 67.0 Å². The molecule has 2 aromatic heterocycles. The Morgan fingerprint density at radius 1 is 0.951 bits per heavy atom. The van der Waals surface area contributed by atoms with Crippen LogP contribution in [-0.4, -0.2) is 73.8 Å². The predicted molar refractivity (Wildman–Crippen MR) is 155 cm³/mol. The fourth-order valence-electron chi connectivity index (χ4n) is 5.92. The van der Waals surface area contributed by atoms with E-state index in [-0.39, 0.29) is 35.6 Å². The quantitative estimate of drug-likeness (QED) is 0.344. The number of phenolic OH excluding ortho intramolecular Hbond substituents is 1. The first kappa shape index (κ1) is 26.6. The molecule has 2 saturated heterocycles. The topological polar surface area (TPSA) is 119 Å². The molecule has 0 spiro atoms. The number of likely N-dealkylation sites (tertiary alicyclic amines) is 2. The molecule has 0 radical (unpaired) electrons. The maximum absolute atomic E-state index is 13.8. The summed E-state index contributed by atoms with van der Waals surface area (Å²) >= 11 is 0. The number of piperazine rings is 1. The third kappa shape index (κ3) is 5.03. The van der Waals surface area contributed by atoms with Gasteiger partial charge < -0.3 is 25.2 Å². The lowest BCUT2D eigenvalue weighted by molar-refractivity contribution is -0.138. The molecule has 0 aliphatic carbocycles. The van der Waals surface area contributed by atoms with E-state index in [0.29, 0.717) is 36.4 Å². The number of nitrogens with zero attached hydrogens (tertiary/aromatic N) is 3. The minimum absolute atomic E-state index is 0.0928. The first-order chi connectivity index (χ1) is 19.6. The Morgan fingerprint density at radius 3 is 2.34 bits per heavy atom. The van der Waals surface area contributed by atoms with Gasteiger partial charge in [0.2, 0.25) is 5.91 Å². The molecular weight excluding hydrogens is 518 g/mol. The number of nitrogens with one attached hydrogen (secondary N) is 2. The monoisotopic (exact) mass is 551 g/mol. The normalized spacial score (nSPS) is 19.0. The Labute approximate surface area is 238 Å². The molecule has 4 heterocycles. The molecule has 2 aromatic carbocycles. The van der Waals surface area contributed by atoms with E-state index in [1.54, 1.807) is 36.5 Å². The Balaban J connectivity index is 1.13. The van der Waals surface area contributed by atoms with Crippen molar-refractivity contribution >= 4 is 28.6 Å². The molecular formula is C32H33N5O4. The second kappa shape index (κ2) is 10.1. The van der Waals surface area contributed by atoms with Crippen LogP contribution in [0.1, 0.15) is 48.2 Å². The molecule has 9 heteroatoms. The van der Waals surface area contributed by atoms with E-state index < -0.39 is 11.5 Å². The van der Waals surface area contributed by atoms with Crippen molar-refractivity contribution in [2.75, 3.05) is 13.1 Å². The molecule has 2 fully saturated rings. The van der Waals surface area contributed by atoms with Gasteiger partial charge in [-0.2, -0.15) is 0 Å². The second-order valence-electron chi connectivity index (χ2n) is 12.0. The standard InChI is InChI=1S/C32H33N5O4/c1-32(2,3)28(35-29(39)27-13-20-9-11-24(38)15-26(20)34-27)31(41)37-18-22-14-23(37)17-36(22)30(40)25-12-10-21(16-33-25)19-7-5-4-6-8-19/h4-13,15-16,22-23,28,34,38H,14,17-18H2,1-3H3,(H,35,39)/t22-,23-,28+/m0/s1. The fourth-order valence-corrected chi connectivity index (χ4v) is 5.92. The van der Waals surface area contributed by atoms with Gasteiger partial charge in [-0.1, -0.05) is 57.2 Å². The molecule has 0 saturated carbocycles. The molecule has 3 atom stereocenters. The molecule has 2 bridgehead atoms. The van der Waals surface area contributed by atoms with Gasteiger partial charge in [0.15, 0.2) is 0 Å². The summed E-state index contributed by atoms with van der Waals surface area (Å²) in [6.07, 6.45) is 2.43. The summed E-state index contributed by atoms with van der Waals surface area (Å²) in [5.41, 5.74) is 2.79. The summed E-state index contributed by atoms with van der Waals surface area (Å²) in [6.45, 7) is 6.63. The molecule has 3 amide bonds. The van der Waals surface area contributed by atoms with Gasteiger partial charge in [0.1, 0.15) is 23.2 Å². The van der Waals surface area contributed by atoms with Crippen LogP contribution in [-0.2, 0) is 4.79 Å². The van der Waals surface area contributed by atoms with Gasteiger partial charge in [-0.15, -0.1) is 0 Å². The van der Waals surface area contributed by atoms with Crippen molar-refractivity contribution < 1.29 is 19.5 Å². The average molecular weight is 552 g/mol. The molecule has 4 aromatic rings. The zero-order chi connectivity index (χ0) is 28.9. The number of phenols is 1. The lowest BCUT2D eigenvalue weighted by atomic mass is 9.85. The highest BCUT2D eigenvalue weighted by Crippen LogP contribution is 2.34. The van der Waals surface area contributed by atoms with Crippen LogP contribution in [0.4, 0.5) is 0 Å². The van der Waals surface area contributed by atoms with Crippen molar-refractivity contribution in [3.63, 3.8) is 0 Å². The number of rotatable bonds is 5. The Hall–Kier alpha value is -4.66. The Morgan fingerprint density at radius 2 is 1.68 bits per heavy atom. The third-order valence-corrected chi connectivity index (χ3v) is 8.11. The molecule has 0 unspecified atom stereocenters. The lowest BCUT2D eigenvalue weighted by Gasteiger charge is -2.39. The number of aromatic nitrogens is 2. The van der Waals surface area contributed by atoms with E-state index in [9.17, 15) is 19.5 Å². The van der Waals surface area contributed by atoms with Gasteiger partial charge >= 0.3 is 0 Å². The summed E-state index contributed by atoms with van der Waals surface area (Å²) in [4.78, 5) is 51.5. The first-order valence-electron chi connectivity index (χ1n) is 13.8. The summed E-state index contributed by atoms with van der Waals surface area (Å²) in [7, 11) is 0. The van der Waals surface area contributed by atoms with Crippen molar-refractivity contribution in [2.45, 2.75) is 45.3 Å². The van der Waals surface area contributed by atoms with E-state index in [1.165, 1.54) is 0 Å². The highest BCUT2D eigenvalue weighted by molar-refractivity contribution is 6.01. The molecule has 6 rings (SSSR count). The number of pyridine rings is 1. The van der Waals surface area contributed by atoms with Crippen LogP contribution >= 0.6 is 0 Å². The van der Waals surface area contributed by atoms with Crippen LogP contribution < -0.4 is 5.32 Å². The molecule has 2 aliphatic rings. The summed E-state index contributed by atoms with van der Waals surface area (Å²) < 4.78 is 0. The van der Waals surface area contributed by atoms with Gasteiger partial charge in [-0.05, 0) is 41.7 Å². The number of carbonyl (C=O) groups excluding carboxylic acids is 3. The molecule has 2 aliphatic heterocycles. The fraction of sp³-hybridized carbons (Fsp3) is 0.312. The van der Waals surface area contributed by atoms with Gasteiger partial charge in [0.25, 0.3) is 11.8 Å². The molecule has 9 nitrogen and oxygen atoms in total. The lowest BCUT2D eigenvalue weighted by Crippen LogP contribution is -2.59.